The molecule has 6 rings (SSSR count). The van der Waals surface area contributed by atoms with Gasteiger partial charge in [-0.05, 0) is 68.6 Å². The van der Waals surface area contributed by atoms with Crippen LogP contribution in [-0.4, -0.2) is 25.8 Å². The molecule has 6 nitrogen and oxygen atoms in total. The number of hydrogen-bond acceptors (Lipinski definition) is 3. The Morgan fingerprint density at radius 3 is 2.47 bits per heavy atom. The Morgan fingerprint density at radius 1 is 1.16 bits per heavy atom. The lowest BCUT2D eigenvalue weighted by Gasteiger charge is -2.65. The maximum atomic E-state index is 13.7. The first kappa shape index (κ1) is 21.7. The van der Waals surface area contributed by atoms with Crippen molar-refractivity contribution < 1.29 is 4.79 Å². The zero-order chi connectivity index (χ0) is 22.9. The summed E-state index contributed by atoms with van der Waals surface area (Å²) < 4.78 is 3.85. The number of carbonyl (C=O) groups excluding carboxylic acids is 1. The highest BCUT2D eigenvalue weighted by Gasteiger charge is 2.60. The minimum Gasteiger partial charge on any atom is -0.346 e. The Hall–Kier alpha value is -2.11. The van der Waals surface area contributed by atoms with Gasteiger partial charge in [0.1, 0.15) is 11.2 Å². The number of carbonyl (C=O) groups is 1. The fraction of sp³-hybridized carbons (Fsp3) is 0.731. The summed E-state index contributed by atoms with van der Waals surface area (Å²) in [6, 6.07) is 0. The molecule has 0 radical (unpaired) electrons. The Labute approximate surface area is 190 Å². The zero-order valence-corrected chi connectivity index (χ0v) is 20.4. The number of fused-ring (bicyclic) bond motifs is 1. The smallest absolute Gasteiger partial charge is 0.257 e. The van der Waals surface area contributed by atoms with E-state index in [9.17, 15) is 9.59 Å². The van der Waals surface area contributed by atoms with Crippen LogP contribution in [0.5, 0.6) is 0 Å². The van der Waals surface area contributed by atoms with E-state index in [1.807, 2.05) is 14.0 Å². The van der Waals surface area contributed by atoms with E-state index in [0.717, 1.165) is 50.7 Å². The average molecular weight is 439 g/mol. The zero-order valence-electron chi connectivity index (χ0n) is 20.4. The molecule has 2 heterocycles. The van der Waals surface area contributed by atoms with Gasteiger partial charge in [-0.15, -0.1) is 0 Å². The SMILES string of the molecule is CCCCCn1cc(C(=O)NC23CC4C[C@@](C)(C2)C[C@](C)(C4)C3)c(=O)c2c(C)nn(C)c21. The highest BCUT2D eigenvalue weighted by molar-refractivity contribution is 5.97. The highest BCUT2D eigenvalue weighted by atomic mass is 16.2. The largest absolute Gasteiger partial charge is 0.346 e. The van der Waals surface area contributed by atoms with Crippen molar-refractivity contribution in [2.45, 2.75) is 97.6 Å². The van der Waals surface area contributed by atoms with Gasteiger partial charge in [-0.1, -0.05) is 33.6 Å². The number of aromatic nitrogens is 3. The fourth-order valence-corrected chi connectivity index (χ4v) is 8.41. The van der Waals surface area contributed by atoms with Gasteiger partial charge < -0.3 is 9.88 Å². The van der Waals surface area contributed by atoms with E-state index in [0.29, 0.717) is 27.8 Å². The summed E-state index contributed by atoms with van der Waals surface area (Å²) in [5, 5.41) is 8.53. The average Bonchev–Trinajstić information content (AvgIpc) is 2.95. The molecule has 1 amide bonds. The van der Waals surface area contributed by atoms with Crippen molar-refractivity contribution in [1.82, 2.24) is 19.7 Å². The van der Waals surface area contributed by atoms with E-state index in [1.165, 1.54) is 19.3 Å². The van der Waals surface area contributed by atoms with Crippen LogP contribution in [0.2, 0.25) is 0 Å². The quantitative estimate of drug-likeness (QED) is 0.664. The molecule has 0 saturated heterocycles. The van der Waals surface area contributed by atoms with Gasteiger partial charge in [0.25, 0.3) is 5.91 Å². The van der Waals surface area contributed by atoms with Gasteiger partial charge in [0.2, 0.25) is 5.43 Å². The molecule has 2 unspecified atom stereocenters. The third-order valence-electron chi connectivity index (χ3n) is 8.47. The molecule has 0 aromatic carbocycles. The van der Waals surface area contributed by atoms with Gasteiger partial charge in [0, 0.05) is 25.3 Å². The number of nitrogens with one attached hydrogen (secondary N) is 1. The van der Waals surface area contributed by atoms with Gasteiger partial charge >= 0.3 is 0 Å². The predicted octanol–water partition coefficient (Wildman–Crippen LogP) is 4.71. The summed E-state index contributed by atoms with van der Waals surface area (Å²) in [5.74, 6) is 0.494. The van der Waals surface area contributed by atoms with Crippen LogP contribution < -0.4 is 10.7 Å². The first-order valence-electron chi connectivity index (χ1n) is 12.5. The third-order valence-corrected chi connectivity index (χ3v) is 8.47. The molecule has 0 spiro atoms. The summed E-state index contributed by atoms with van der Waals surface area (Å²) in [5.41, 5.74) is 2.06. The van der Waals surface area contributed by atoms with Crippen LogP contribution in [0.25, 0.3) is 11.0 Å². The van der Waals surface area contributed by atoms with Gasteiger partial charge in [-0.3, -0.25) is 14.3 Å². The molecule has 4 bridgehead atoms. The summed E-state index contributed by atoms with van der Waals surface area (Å²) in [6.07, 6.45) is 12.0. The molecule has 4 saturated carbocycles. The van der Waals surface area contributed by atoms with E-state index in [-0.39, 0.29) is 22.4 Å². The second-order valence-corrected chi connectivity index (χ2v) is 12.0. The monoisotopic (exact) mass is 438 g/mol. The van der Waals surface area contributed by atoms with Crippen LogP contribution in [0.15, 0.2) is 11.0 Å². The lowest BCUT2D eigenvalue weighted by atomic mass is 9.43. The highest BCUT2D eigenvalue weighted by Crippen LogP contribution is 2.66. The number of hydrogen-bond donors (Lipinski definition) is 1. The standard InChI is InChI=1S/C26H38N4O2/c1-6-7-8-9-30-13-19(21(31)20-17(2)28-29(5)23(20)30)22(32)27-26-12-18-10-24(3,15-26)14-25(4,11-18)16-26/h13,18H,6-12,14-16H2,1-5H3,(H,27,32)/t18?,24-,25+,26?. The summed E-state index contributed by atoms with van der Waals surface area (Å²) in [4.78, 5) is 27.1. The van der Waals surface area contributed by atoms with Gasteiger partial charge in [0.15, 0.2) is 0 Å². The van der Waals surface area contributed by atoms with E-state index >= 15 is 0 Å². The predicted molar refractivity (Wildman–Crippen MR) is 127 cm³/mol. The Balaban J connectivity index is 1.52. The molecule has 174 valence electrons. The second-order valence-electron chi connectivity index (χ2n) is 12.0. The number of aryl methyl sites for hydroxylation is 3. The van der Waals surface area contributed by atoms with Crippen molar-refractivity contribution in [3.63, 3.8) is 0 Å². The van der Waals surface area contributed by atoms with Gasteiger partial charge in [0.05, 0.1) is 11.1 Å². The number of rotatable bonds is 6. The maximum Gasteiger partial charge on any atom is 0.257 e. The summed E-state index contributed by atoms with van der Waals surface area (Å²) >= 11 is 0. The Morgan fingerprint density at radius 2 is 1.84 bits per heavy atom. The molecule has 4 fully saturated rings. The molecule has 1 N–H and O–H groups in total. The van der Waals surface area contributed by atoms with E-state index in [4.69, 9.17) is 0 Å². The number of nitrogens with zero attached hydrogens (tertiary/aromatic N) is 3. The second kappa shape index (κ2) is 7.19. The molecule has 4 aliphatic rings. The van der Waals surface area contributed by atoms with E-state index in [2.05, 4.69) is 35.8 Å². The fourth-order valence-electron chi connectivity index (χ4n) is 8.41. The lowest BCUT2D eigenvalue weighted by molar-refractivity contribution is -0.114. The van der Waals surface area contributed by atoms with Crippen molar-refractivity contribution in [1.29, 1.82) is 0 Å². The lowest BCUT2D eigenvalue weighted by Crippen LogP contribution is -2.65. The molecule has 6 heteroatoms. The molecule has 2 aromatic rings. The maximum absolute atomic E-state index is 13.7. The van der Waals surface area contributed by atoms with Crippen LogP contribution >= 0.6 is 0 Å². The van der Waals surface area contributed by atoms with Crippen LogP contribution in [0, 0.1) is 23.7 Å². The summed E-state index contributed by atoms with van der Waals surface area (Å²) in [7, 11) is 1.88. The Bertz CT molecular complexity index is 1120. The molecule has 4 aliphatic carbocycles. The molecule has 2 aromatic heterocycles. The van der Waals surface area contributed by atoms with Crippen molar-refractivity contribution in [2.75, 3.05) is 0 Å². The molecule has 4 atom stereocenters. The molecular weight excluding hydrogens is 400 g/mol. The van der Waals surface area contributed by atoms with Crippen LogP contribution in [0.1, 0.15) is 94.6 Å². The molecule has 0 aliphatic heterocycles. The summed E-state index contributed by atoms with van der Waals surface area (Å²) in [6.45, 7) is 9.64. The first-order valence-corrected chi connectivity index (χ1v) is 12.5. The van der Waals surface area contributed by atoms with Crippen molar-refractivity contribution in [2.24, 2.45) is 23.8 Å². The van der Waals surface area contributed by atoms with Crippen LogP contribution in [0.4, 0.5) is 0 Å². The van der Waals surface area contributed by atoms with Crippen molar-refractivity contribution >= 4 is 16.9 Å². The van der Waals surface area contributed by atoms with Gasteiger partial charge in [-0.2, -0.15) is 5.10 Å². The molecular formula is C26H38N4O2. The molecule has 32 heavy (non-hydrogen) atoms. The number of unbranched alkanes of at least 4 members (excludes halogenated alkanes) is 2. The number of pyridine rings is 1. The van der Waals surface area contributed by atoms with Crippen molar-refractivity contribution in [3.05, 3.63) is 27.7 Å². The van der Waals surface area contributed by atoms with Crippen molar-refractivity contribution in [3.8, 4) is 0 Å². The van der Waals surface area contributed by atoms with E-state index < -0.39 is 0 Å². The minimum absolute atomic E-state index is 0.168. The third kappa shape index (κ3) is 3.41. The topological polar surface area (TPSA) is 68.9 Å². The minimum atomic E-state index is -0.196. The van der Waals surface area contributed by atoms with Gasteiger partial charge in [-0.25, -0.2) is 0 Å². The van der Waals surface area contributed by atoms with E-state index in [1.54, 1.807) is 10.9 Å². The normalized spacial score (nSPS) is 33.2. The number of amides is 1. The van der Waals surface area contributed by atoms with Crippen LogP contribution in [0.3, 0.4) is 0 Å². The van der Waals surface area contributed by atoms with Crippen LogP contribution in [-0.2, 0) is 13.6 Å². The Kier molecular flexibility index (Phi) is 4.88. The first-order chi connectivity index (χ1) is 15.1.